The lowest BCUT2D eigenvalue weighted by atomic mass is 10.0. The number of aromatic nitrogens is 2. The lowest BCUT2D eigenvalue weighted by Gasteiger charge is -2.21. The fourth-order valence-electron chi connectivity index (χ4n) is 3.78. The third-order valence-corrected chi connectivity index (χ3v) is 4.69. The summed E-state index contributed by atoms with van der Waals surface area (Å²) in [5.41, 5.74) is 3.05. The number of hydrogen-bond acceptors (Lipinski definition) is 4. The van der Waals surface area contributed by atoms with E-state index in [2.05, 4.69) is 29.8 Å². The Balaban J connectivity index is 1.68. The number of para-hydroxylation sites is 2. The molecule has 0 saturated carbocycles. The van der Waals surface area contributed by atoms with Crippen LogP contribution in [-0.4, -0.2) is 48.1 Å². The van der Waals surface area contributed by atoms with Crippen LogP contribution in [0.5, 0.6) is 0 Å². The molecular weight excluding hydrogens is 248 g/mol. The average Bonchev–Trinajstić information content (AvgIpc) is 2.95. The number of rotatable bonds is 1. The molecule has 0 aliphatic carbocycles. The number of aryl methyl sites for hydroxylation is 1. The first-order chi connectivity index (χ1) is 9.70. The Morgan fingerprint density at radius 3 is 2.20 bits per heavy atom. The largest absolute Gasteiger partial charge is 0.354 e. The molecule has 0 amide bonds. The average molecular weight is 268 g/mol. The Bertz CT molecular complexity index is 640. The Labute approximate surface area is 119 Å². The maximum Gasteiger partial charge on any atom is 0.150 e. The van der Waals surface area contributed by atoms with Gasteiger partial charge in [-0.1, -0.05) is 12.1 Å². The van der Waals surface area contributed by atoms with Crippen molar-refractivity contribution in [3.05, 3.63) is 30.0 Å². The summed E-state index contributed by atoms with van der Waals surface area (Å²) >= 11 is 0. The molecule has 104 valence electrons. The molecule has 0 N–H and O–H groups in total. The van der Waals surface area contributed by atoms with Gasteiger partial charge in [0.2, 0.25) is 0 Å². The molecule has 0 bridgehead atoms. The highest BCUT2D eigenvalue weighted by atomic mass is 15.3. The standard InChI is InChI=1S/C16H20N4/c1-11-16(18-15-6-4-3-5-14(15)17-11)20-9-12-7-19(2)8-13(12)10-20/h3-6,12-13H,7-10H2,1-2H3. The molecule has 4 rings (SSSR count). The molecule has 2 aliphatic heterocycles. The summed E-state index contributed by atoms with van der Waals surface area (Å²) < 4.78 is 0. The van der Waals surface area contributed by atoms with Gasteiger partial charge in [-0.05, 0) is 37.9 Å². The second-order valence-electron chi connectivity index (χ2n) is 6.27. The molecule has 20 heavy (non-hydrogen) atoms. The molecule has 0 radical (unpaired) electrons. The minimum atomic E-state index is 0.799. The van der Waals surface area contributed by atoms with Crippen LogP contribution in [0.1, 0.15) is 5.69 Å². The Morgan fingerprint density at radius 1 is 0.950 bits per heavy atom. The van der Waals surface area contributed by atoms with Crippen molar-refractivity contribution in [2.45, 2.75) is 6.92 Å². The lowest BCUT2D eigenvalue weighted by molar-refractivity contribution is 0.387. The number of benzene rings is 1. The van der Waals surface area contributed by atoms with Crippen molar-refractivity contribution in [2.75, 3.05) is 38.1 Å². The van der Waals surface area contributed by atoms with Crippen LogP contribution in [0.25, 0.3) is 11.0 Å². The van der Waals surface area contributed by atoms with E-state index < -0.39 is 0 Å². The third-order valence-electron chi connectivity index (χ3n) is 4.69. The molecule has 2 aromatic rings. The van der Waals surface area contributed by atoms with Crippen LogP contribution >= 0.6 is 0 Å². The van der Waals surface area contributed by atoms with E-state index in [-0.39, 0.29) is 0 Å². The van der Waals surface area contributed by atoms with Crippen LogP contribution < -0.4 is 4.90 Å². The van der Waals surface area contributed by atoms with Crippen LogP contribution in [0.15, 0.2) is 24.3 Å². The molecule has 2 unspecified atom stereocenters. The van der Waals surface area contributed by atoms with Gasteiger partial charge in [-0.2, -0.15) is 0 Å². The summed E-state index contributed by atoms with van der Waals surface area (Å²) in [6.45, 7) is 6.78. The van der Waals surface area contributed by atoms with Crippen molar-refractivity contribution < 1.29 is 0 Å². The van der Waals surface area contributed by atoms with E-state index in [1.807, 2.05) is 18.2 Å². The summed E-state index contributed by atoms with van der Waals surface area (Å²) in [5.74, 6) is 2.68. The SMILES string of the molecule is Cc1nc2ccccc2nc1N1CC2CN(C)CC2C1. The highest BCUT2D eigenvalue weighted by molar-refractivity contribution is 5.76. The predicted octanol–water partition coefficient (Wildman–Crippen LogP) is 1.94. The first kappa shape index (κ1) is 12.1. The maximum atomic E-state index is 4.85. The van der Waals surface area contributed by atoms with Crippen molar-refractivity contribution in [3.8, 4) is 0 Å². The van der Waals surface area contributed by atoms with Gasteiger partial charge in [0.15, 0.2) is 5.82 Å². The van der Waals surface area contributed by atoms with E-state index in [4.69, 9.17) is 9.97 Å². The number of nitrogens with zero attached hydrogens (tertiary/aromatic N) is 4. The van der Waals surface area contributed by atoms with E-state index in [0.29, 0.717) is 0 Å². The zero-order valence-electron chi connectivity index (χ0n) is 12.1. The van der Waals surface area contributed by atoms with Crippen molar-refractivity contribution in [2.24, 2.45) is 11.8 Å². The molecule has 1 aromatic heterocycles. The van der Waals surface area contributed by atoms with E-state index in [0.717, 1.165) is 47.5 Å². The molecule has 0 spiro atoms. The van der Waals surface area contributed by atoms with Crippen LogP contribution in [0, 0.1) is 18.8 Å². The Hall–Kier alpha value is -1.68. The van der Waals surface area contributed by atoms with E-state index in [1.54, 1.807) is 0 Å². The molecule has 2 saturated heterocycles. The van der Waals surface area contributed by atoms with Gasteiger partial charge in [0, 0.05) is 26.2 Å². The van der Waals surface area contributed by atoms with Crippen LogP contribution in [0.3, 0.4) is 0 Å². The summed E-state index contributed by atoms with van der Waals surface area (Å²) in [6, 6.07) is 8.14. The van der Waals surface area contributed by atoms with E-state index >= 15 is 0 Å². The number of hydrogen-bond donors (Lipinski definition) is 0. The molecule has 3 heterocycles. The second kappa shape index (κ2) is 4.42. The zero-order valence-corrected chi connectivity index (χ0v) is 12.1. The van der Waals surface area contributed by atoms with Crippen LogP contribution in [0.2, 0.25) is 0 Å². The second-order valence-corrected chi connectivity index (χ2v) is 6.27. The highest BCUT2D eigenvalue weighted by Gasteiger charge is 2.39. The fourth-order valence-corrected chi connectivity index (χ4v) is 3.78. The highest BCUT2D eigenvalue weighted by Crippen LogP contribution is 2.33. The molecule has 2 fully saturated rings. The molecule has 4 nitrogen and oxygen atoms in total. The van der Waals surface area contributed by atoms with Gasteiger partial charge in [-0.15, -0.1) is 0 Å². The normalized spacial score (nSPS) is 26.4. The Morgan fingerprint density at radius 2 is 1.55 bits per heavy atom. The van der Waals surface area contributed by atoms with E-state index in [1.165, 1.54) is 13.1 Å². The minimum absolute atomic E-state index is 0.799. The predicted molar refractivity (Wildman–Crippen MR) is 81.0 cm³/mol. The Kier molecular flexibility index (Phi) is 2.67. The van der Waals surface area contributed by atoms with Crippen LogP contribution in [0.4, 0.5) is 5.82 Å². The van der Waals surface area contributed by atoms with Crippen molar-refractivity contribution in [1.82, 2.24) is 14.9 Å². The third kappa shape index (κ3) is 1.86. The van der Waals surface area contributed by atoms with Gasteiger partial charge in [-0.25, -0.2) is 9.97 Å². The summed E-state index contributed by atoms with van der Waals surface area (Å²) in [7, 11) is 2.23. The summed E-state index contributed by atoms with van der Waals surface area (Å²) in [6.07, 6.45) is 0. The van der Waals surface area contributed by atoms with Gasteiger partial charge in [0.05, 0.1) is 16.7 Å². The topological polar surface area (TPSA) is 32.3 Å². The quantitative estimate of drug-likeness (QED) is 0.791. The zero-order chi connectivity index (χ0) is 13.7. The summed E-state index contributed by atoms with van der Waals surface area (Å²) in [5, 5.41) is 0. The lowest BCUT2D eigenvalue weighted by Crippen LogP contribution is -2.28. The molecule has 2 atom stereocenters. The number of anilines is 1. The van der Waals surface area contributed by atoms with Crippen molar-refractivity contribution in [1.29, 1.82) is 0 Å². The molecular formula is C16H20N4. The van der Waals surface area contributed by atoms with Gasteiger partial charge < -0.3 is 9.80 Å². The fraction of sp³-hybridized carbons (Fsp3) is 0.500. The van der Waals surface area contributed by atoms with Crippen molar-refractivity contribution >= 4 is 16.9 Å². The molecule has 2 aliphatic rings. The summed E-state index contributed by atoms with van der Waals surface area (Å²) in [4.78, 5) is 14.5. The smallest absolute Gasteiger partial charge is 0.150 e. The minimum Gasteiger partial charge on any atom is -0.354 e. The van der Waals surface area contributed by atoms with Crippen LogP contribution in [-0.2, 0) is 0 Å². The van der Waals surface area contributed by atoms with E-state index in [9.17, 15) is 0 Å². The van der Waals surface area contributed by atoms with Gasteiger partial charge in [0.1, 0.15) is 0 Å². The van der Waals surface area contributed by atoms with Crippen molar-refractivity contribution in [3.63, 3.8) is 0 Å². The first-order valence-electron chi connectivity index (χ1n) is 7.37. The number of likely N-dealkylation sites (tertiary alicyclic amines) is 1. The molecule has 4 heteroatoms. The van der Waals surface area contributed by atoms with Gasteiger partial charge in [0.25, 0.3) is 0 Å². The first-order valence-corrected chi connectivity index (χ1v) is 7.37. The molecule has 1 aromatic carbocycles. The van der Waals surface area contributed by atoms with Gasteiger partial charge >= 0.3 is 0 Å². The monoisotopic (exact) mass is 268 g/mol. The number of fused-ring (bicyclic) bond motifs is 2. The maximum absolute atomic E-state index is 4.85. The van der Waals surface area contributed by atoms with Gasteiger partial charge in [-0.3, -0.25) is 0 Å².